The Hall–Kier alpha value is -4.00. The normalized spacial score (nSPS) is 11.1. The molecular weight excluding hydrogens is 431 g/mol. The Kier molecular flexibility index (Phi) is 6.72. The molecule has 0 aliphatic rings. The number of aromatic nitrogens is 2. The molecule has 174 valence electrons. The van der Waals surface area contributed by atoms with Gasteiger partial charge in [0, 0.05) is 23.5 Å². The molecule has 1 aromatic heterocycles. The summed E-state index contributed by atoms with van der Waals surface area (Å²) in [5, 5.41) is 5.80. The summed E-state index contributed by atoms with van der Waals surface area (Å²) in [7, 11) is 0. The first-order chi connectivity index (χ1) is 16.3. The number of hydrogen-bond donors (Lipinski definition) is 2. The Morgan fingerprint density at radius 1 is 1.00 bits per heavy atom. The highest BCUT2D eigenvalue weighted by Crippen LogP contribution is 2.23. The molecule has 0 saturated heterocycles. The minimum atomic E-state index is -0.312. The SMILES string of the molecule is Cc1nc2ccc(C(=O)Nc3ccc(CC(=O)NCC(C)C)cc3)cc2n1-c1ccc(F)cc1. The first kappa shape index (κ1) is 23.2. The average molecular weight is 459 g/mol. The molecule has 0 atom stereocenters. The van der Waals surface area contributed by atoms with Gasteiger partial charge in [0.2, 0.25) is 5.91 Å². The van der Waals surface area contributed by atoms with E-state index in [1.807, 2.05) is 37.5 Å². The number of carbonyl (C=O) groups is 2. The van der Waals surface area contributed by atoms with E-state index in [1.54, 1.807) is 42.5 Å². The molecule has 34 heavy (non-hydrogen) atoms. The van der Waals surface area contributed by atoms with E-state index in [4.69, 9.17) is 0 Å². The molecule has 4 rings (SSSR count). The van der Waals surface area contributed by atoms with Crippen molar-refractivity contribution in [2.45, 2.75) is 27.2 Å². The minimum absolute atomic E-state index is 0.0214. The van der Waals surface area contributed by atoms with Crippen molar-refractivity contribution < 1.29 is 14.0 Å². The van der Waals surface area contributed by atoms with Crippen LogP contribution in [0.2, 0.25) is 0 Å². The number of imidazole rings is 1. The molecule has 7 heteroatoms. The summed E-state index contributed by atoms with van der Waals surface area (Å²) in [5.74, 6) is 0.556. The molecule has 0 fully saturated rings. The number of benzene rings is 3. The van der Waals surface area contributed by atoms with E-state index in [0.717, 1.165) is 28.1 Å². The van der Waals surface area contributed by atoms with Gasteiger partial charge in [0.15, 0.2) is 0 Å². The van der Waals surface area contributed by atoms with Crippen LogP contribution in [0.3, 0.4) is 0 Å². The third-order valence-corrected chi connectivity index (χ3v) is 5.45. The summed E-state index contributed by atoms with van der Waals surface area (Å²) in [6.07, 6.45) is 0.296. The van der Waals surface area contributed by atoms with Crippen molar-refractivity contribution in [3.8, 4) is 5.69 Å². The van der Waals surface area contributed by atoms with Crippen LogP contribution in [0.5, 0.6) is 0 Å². The Morgan fingerprint density at radius 2 is 1.71 bits per heavy atom. The zero-order chi connectivity index (χ0) is 24.2. The van der Waals surface area contributed by atoms with E-state index in [9.17, 15) is 14.0 Å². The molecule has 4 aromatic rings. The van der Waals surface area contributed by atoms with Crippen molar-refractivity contribution in [1.29, 1.82) is 0 Å². The fraction of sp³-hybridized carbons (Fsp3) is 0.222. The Bertz CT molecular complexity index is 1330. The Morgan fingerprint density at radius 3 is 2.38 bits per heavy atom. The number of fused-ring (bicyclic) bond motifs is 1. The number of hydrogen-bond acceptors (Lipinski definition) is 3. The highest BCUT2D eigenvalue weighted by atomic mass is 19.1. The summed E-state index contributed by atoms with van der Waals surface area (Å²) < 4.78 is 15.3. The van der Waals surface area contributed by atoms with Gasteiger partial charge < -0.3 is 10.6 Å². The Balaban J connectivity index is 1.49. The molecule has 0 aliphatic carbocycles. The fourth-order valence-electron chi connectivity index (χ4n) is 3.73. The molecule has 3 aromatic carbocycles. The molecule has 2 N–H and O–H groups in total. The Labute approximate surface area is 197 Å². The van der Waals surface area contributed by atoms with Crippen LogP contribution in [0, 0.1) is 18.7 Å². The van der Waals surface area contributed by atoms with Gasteiger partial charge in [-0.1, -0.05) is 26.0 Å². The first-order valence-electron chi connectivity index (χ1n) is 11.2. The van der Waals surface area contributed by atoms with Gasteiger partial charge in [-0.05, 0) is 73.0 Å². The van der Waals surface area contributed by atoms with Gasteiger partial charge in [0.25, 0.3) is 5.91 Å². The second-order valence-corrected chi connectivity index (χ2v) is 8.70. The van der Waals surface area contributed by atoms with E-state index in [1.165, 1.54) is 12.1 Å². The zero-order valence-electron chi connectivity index (χ0n) is 19.4. The summed E-state index contributed by atoms with van der Waals surface area (Å²) in [4.78, 5) is 29.5. The third-order valence-electron chi connectivity index (χ3n) is 5.45. The molecular formula is C27H27FN4O2. The number of nitrogens with zero attached hydrogens (tertiary/aromatic N) is 2. The van der Waals surface area contributed by atoms with E-state index < -0.39 is 0 Å². The molecule has 1 heterocycles. The van der Waals surface area contributed by atoms with E-state index in [-0.39, 0.29) is 17.6 Å². The summed E-state index contributed by atoms with van der Waals surface area (Å²) in [6, 6.07) is 18.7. The molecule has 0 bridgehead atoms. The van der Waals surface area contributed by atoms with Gasteiger partial charge in [-0.15, -0.1) is 0 Å². The van der Waals surface area contributed by atoms with Gasteiger partial charge >= 0.3 is 0 Å². The van der Waals surface area contributed by atoms with Gasteiger partial charge in [0.05, 0.1) is 17.5 Å². The van der Waals surface area contributed by atoms with Crippen LogP contribution >= 0.6 is 0 Å². The monoisotopic (exact) mass is 458 g/mol. The highest BCUT2D eigenvalue weighted by Gasteiger charge is 2.14. The lowest BCUT2D eigenvalue weighted by Gasteiger charge is -2.10. The topological polar surface area (TPSA) is 76.0 Å². The van der Waals surface area contributed by atoms with Crippen LogP contribution in [0.1, 0.15) is 35.6 Å². The predicted molar refractivity (Wildman–Crippen MR) is 132 cm³/mol. The number of aryl methyl sites for hydroxylation is 1. The van der Waals surface area contributed by atoms with Crippen molar-refractivity contribution in [3.63, 3.8) is 0 Å². The highest BCUT2D eigenvalue weighted by molar-refractivity contribution is 6.06. The molecule has 2 amide bonds. The molecule has 0 saturated carbocycles. The second-order valence-electron chi connectivity index (χ2n) is 8.70. The van der Waals surface area contributed by atoms with Crippen LogP contribution in [0.15, 0.2) is 66.7 Å². The molecule has 0 spiro atoms. The molecule has 6 nitrogen and oxygen atoms in total. The summed E-state index contributed by atoms with van der Waals surface area (Å²) >= 11 is 0. The maximum Gasteiger partial charge on any atom is 0.255 e. The van der Waals surface area contributed by atoms with E-state index >= 15 is 0 Å². The van der Waals surface area contributed by atoms with Crippen molar-refractivity contribution >= 4 is 28.5 Å². The van der Waals surface area contributed by atoms with Gasteiger partial charge in [-0.2, -0.15) is 0 Å². The van der Waals surface area contributed by atoms with Crippen LogP contribution in [-0.4, -0.2) is 27.9 Å². The number of rotatable bonds is 7. The average Bonchev–Trinajstić information content (AvgIpc) is 3.14. The number of amides is 2. The van der Waals surface area contributed by atoms with E-state index in [2.05, 4.69) is 15.6 Å². The van der Waals surface area contributed by atoms with Gasteiger partial charge in [-0.3, -0.25) is 14.2 Å². The maximum absolute atomic E-state index is 13.4. The fourth-order valence-corrected chi connectivity index (χ4v) is 3.73. The quantitative estimate of drug-likeness (QED) is 0.407. The molecule has 0 radical (unpaired) electrons. The summed E-state index contributed by atoms with van der Waals surface area (Å²) in [5.41, 5.74) is 4.27. The number of anilines is 1. The lowest BCUT2D eigenvalue weighted by molar-refractivity contribution is -0.120. The van der Waals surface area contributed by atoms with Crippen LogP contribution < -0.4 is 10.6 Å². The number of halogens is 1. The maximum atomic E-state index is 13.4. The minimum Gasteiger partial charge on any atom is -0.356 e. The van der Waals surface area contributed by atoms with Gasteiger partial charge in [0.1, 0.15) is 11.6 Å². The smallest absolute Gasteiger partial charge is 0.255 e. The standard InChI is InChI=1S/C27H27FN4O2/c1-17(2)16-29-26(33)14-19-4-9-22(10-5-19)31-27(34)20-6-13-24-25(15-20)32(18(3)30-24)23-11-7-21(28)8-12-23/h4-13,15,17H,14,16H2,1-3H3,(H,29,33)(H,31,34). The van der Waals surface area contributed by atoms with Crippen molar-refractivity contribution in [1.82, 2.24) is 14.9 Å². The van der Waals surface area contributed by atoms with Crippen molar-refractivity contribution in [2.75, 3.05) is 11.9 Å². The van der Waals surface area contributed by atoms with E-state index in [0.29, 0.717) is 30.1 Å². The van der Waals surface area contributed by atoms with Crippen molar-refractivity contribution in [3.05, 3.63) is 89.5 Å². The predicted octanol–water partition coefficient (Wildman–Crippen LogP) is 5.04. The first-order valence-corrected chi connectivity index (χ1v) is 11.2. The molecule has 0 aliphatic heterocycles. The van der Waals surface area contributed by atoms with Gasteiger partial charge in [-0.25, -0.2) is 9.37 Å². The number of nitrogens with one attached hydrogen (secondary N) is 2. The van der Waals surface area contributed by atoms with Crippen LogP contribution in [-0.2, 0) is 11.2 Å². The van der Waals surface area contributed by atoms with Crippen molar-refractivity contribution in [2.24, 2.45) is 5.92 Å². The lowest BCUT2D eigenvalue weighted by atomic mass is 10.1. The van der Waals surface area contributed by atoms with Crippen LogP contribution in [0.4, 0.5) is 10.1 Å². The largest absolute Gasteiger partial charge is 0.356 e. The number of carbonyl (C=O) groups excluding carboxylic acids is 2. The second kappa shape index (κ2) is 9.87. The molecule has 0 unspecified atom stereocenters. The zero-order valence-corrected chi connectivity index (χ0v) is 19.4. The lowest BCUT2D eigenvalue weighted by Crippen LogP contribution is -2.28. The van der Waals surface area contributed by atoms with Crippen LogP contribution in [0.25, 0.3) is 16.7 Å². The summed E-state index contributed by atoms with van der Waals surface area (Å²) in [6.45, 7) is 6.62. The third kappa shape index (κ3) is 5.31.